The molecule has 0 amide bonds. The highest BCUT2D eigenvalue weighted by molar-refractivity contribution is 5.79. The molecule has 0 bridgehead atoms. The summed E-state index contributed by atoms with van der Waals surface area (Å²) in [4.78, 5) is 6.82. The third-order valence-corrected chi connectivity index (χ3v) is 4.10. The van der Waals surface area contributed by atoms with Gasteiger partial charge in [-0.1, -0.05) is 27.2 Å². The van der Waals surface area contributed by atoms with Crippen LogP contribution in [0.5, 0.6) is 0 Å². The molecule has 0 aliphatic rings. The molecule has 0 unspecified atom stereocenters. The summed E-state index contributed by atoms with van der Waals surface area (Å²) in [7, 11) is 4.03. The number of aryl methyl sites for hydroxylation is 1. The van der Waals surface area contributed by atoms with E-state index in [9.17, 15) is 0 Å². The van der Waals surface area contributed by atoms with E-state index in [4.69, 9.17) is 9.47 Å². The first kappa shape index (κ1) is 23.4. The number of aliphatic imine (C=N–C) groups is 1. The van der Waals surface area contributed by atoms with Gasteiger partial charge < -0.3 is 19.7 Å². The second-order valence-electron chi connectivity index (χ2n) is 7.04. The van der Waals surface area contributed by atoms with Crippen molar-refractivity contribution >= 4 is 5.96 Å². The molecule has 1 N–H and O–H groups in total. The maximum Gasteiger partial charge on any atom is 0.194 e. The van der Waals surface area contributed by atoms with E-state index in [1.807, 2.05) is 11.7 Å². The smallest absolute Gasteiger partial charge is 0.194 e. The summed E-state index contributed by atoms with van der Waals surface area (Å²) in [5.41, 5.74) is 2.38. The number of ether oxygens (including phenoxy) is 2. The molecule has 1 aromatic heterocycles. The van der Waals surface area contributed by atoms with Gasteiger partial charge in [-0.15, -0.1) is 0 Å². The molecule has 0 aliphatic carbocycles. The highest BCUT2D eigenvalue weighted by atomic mass is 16.5. The van der Waals surface area contributed by atoms with Crippen molar-refractivity contribution < 1.29 is 9.47 Å². The van der Waals surface area contributed by atoms with Crippen LogP contribution in [0.3, 0.4) is 0 Å². The topological polar surface area (TPSA) is 63.9 Å². The Kier molecular flexibility index (Phi) is 11.8. The molecule has 1 heterocycles. The average Bonchev–Trinajstić information content (AvgIpc) is 2.99. The molecular weight excluding hydrogens is 342 g/mol. The molecule has 1 aromatic rings. The number of aromatic nitrogens is 2. The zero-order valence-electron chi connectivity index (χ0n) is 18.1. The van der Waals surface area contributed by atoms with Crippen LogP contribution in [0.4, 0.5) is 0 Å². The molecule has 156 valence electrons. The van der Waals surface area contributed by atoms with Crippen LogP contribution in [0.15, 0.2) is 11.2 Å². The molecule has 0 saturated heterocycles. The fraction of sp³-hybridized carbons (Fsp3) is 0.800. The lowest BCUT2D eigenvalue weighted by Crippen LogP contribution is -2.38. The zero-order valence-corrected chi connectivity index (χ0v) is 18.1. The van der Waals surface area contributed by atoms with Crippen molar-refractivity contribution in [1.82, 2.24) is 20.0 Å². The molecule has 7 heteroatoms. The monoisotopic (exact) mass is 381 g/mol. The maximum atomic E-state index is 5.60. The highest BCUT2D eigenvalue weighted by Crippen LogP contribution is 2.18. The largest absolute Gasteiger partial charge is 0.379 e. The molecule has 0 fully saturated rings. The number of nitrogens with zero attached hydrogens (tertiary/aromatic N) is 4. The quantitative estimate of drug-likeness (QED) is 0.323. The van der Waals surface area contributed by atoms with Crippen LogP contribution >= 0.6 is 0 Å². The molecule has 27 heavy (non-hydrogen) atoms. The van der Waals surface area contributed by atoms with E-state index in [1.165, 1.54) is 5.56 Å². The van der Waals surface area contributed by atoms with Gasteiger partial charge >= 0.3 is 0 Å². The molecule has 0 saturated carbocycles. The van der Waals surface area contributed by atoms with Crippen molar-refractivity contribution in [2.45, 2.75) is 53.0 Å². The van der Waals surface area contributed by atoms with E-state index in [2.05, 4.69) is 61.2 Å². The van der Waals surface area contributed by atoms with Crippen molar-refractivity contribution in [2.75, 3.05) is 46.6 Å². The van der Waals surface area contributed by atoms with Crippen LogP contribution < -0.4 is 5.32 Å². The Morgan fingerprint density at radius 1 is 1.22 bits per heavy atom. The highest BCUT2D eigenvalue weighted by Gasteiger charge is 2.15. The first-order valence-electron chi connectivity index (χ1n) is 10.2. The lowest BCUT2D eigenvalue weighted by molar-refractivity contribution is 0.0497. The van der Waals surface area contributed by atoms with Crippen LogP contribution in [0.25, 0.3) is 0 Å². The number of nitrogens with one attached hydrogen (secondary N) is 1. The van der Waals surface area contributed by atoms with Crippen molar-refractivity contribution in [1.29, 1.82) is 0 Å². The van der Waals surface area contributed by atoms with Crippen molar-refractivity contribution in [3.63, 3.8) is 0 Å². The Labute approximate surface area is 165 Å². The second-order valence-corrected chi connectivity index (χ2v) is 7.04. The van der Waals surface area contributed by atoms with Crippen LogP contribution in [0, 0.1) is 0 Å². The van der Waals surface area contributed by atoms with E-state index in [-0.39, 0.29) is 0 Å². The number of unbranched alkanes of at least 4 members (excludes halogenated alkanes) is 1. The van der Waals surface area contributed by atoms with E-state index in [1.54, 1.807) is 0 Å². The van der Waals surface area contributed by atoms with Crippen LogP contribution in [-0.2, 0) is 23.1 Å². The summed E-state index contributed by atoms with van der Waals surface area (Å²) < 4.78 is 13.0. The first-order valence-corrected chi connectivity index (χ1v) is 10.2. The molecule has 0 aromatic carbocycles. The predicted octanol–water partition coefficient (Wildman–Crippen LogP) is 2.77. The third kappa shape index (κ3) is 9.24. The summed E-state index contributed by atoms with van der Waals surface area (Å²) in [6.45, 7) is 13.5. The van der Waals surface area contributed by atoms with Gasteiger partial charge in [0.2, 0.25) is 0 Å². The van der Waals surface area contributed by atoms with Gasteiger partial charge in [0.1, 0.15) is 0 Å². The number of hydrogen-bond donors (Lipinski definition) is 1. The summed E-state index contributed by atoms with van der Waals surface area (Å²) in [5, 5.41) is 7.94. The summed E-state index contributed by atoms with van der Waals surface area (Å²) in [6, 6.07) is 0. The van der Waals surface area contributed by atoms with Crippen molar-refractivity contribution in [3.8, 4) is 0 Å². The van der Waals surface area contributed by atoms with Gasteiger partial charge in [0.05, 0.1) is 32.1 Å². The Morgan fingerprint density at radius 2 is 1.93 bits per heavy atom. The fourth-order valence-electron chi connectivity index (χ4n) is 2.75. The van der Waals surface area contributed by atoms with Crippen molar-refractivity contribution in [3.05, 3.63) is 17.5 Å². The molecule has 0 spiro atoms. The number of rotatable bonds is 13. The minimum atomic E-state index is 0.405. The number of hydrogen-bond acceptors (Lipinski definition) is 4. The molecule has 0 radical (unpaired) electrons. The van der Waals surface area contributed by atoms with Crippen LogP contribution in [-0.4, -0.2) is 67.2 Å². The summed E-state index contributed by atoms with van der Waals surface area (Å²) in [5.74, 6) is 1.29. The zero-order chi connectivity index (χ0) is 20.1. The fourth-order valence-corrected chi connectivity index (χ4v) is 2.75. The third-order valence-electron chi connectivity index (χ3n) is 4.10. The molecule has 0 atom stereocenters. The average molecular weight is 382 g/mol. The van der Waals surface area contributed by atoms with Gasteiger partial charge in [-0.05, 0) is 19.3 Å². The molecule has 0 aliphatic heterocycles. The normalized spacial score (nSPS) is 12.0. The van der Waals surface area contributed by atoms with E-state index in [0.717, 1.165) is 44.2 Å². The molecular formula is C20H39N5O2. The Hall–Kier alpha value is -1.60. The van der Waals surface area contributed by atoms with Gasteiger partial charge in [-0.3, -0.25) is 9.67 Å². The van der Waals surface area contributed by atoms with Crippen LogP contribution in [0.1, 0.15) is 57.7 Å². The molecule has 1 rings (SSSR count). The Bertz CT molecular complexity index is 542. The van der Waals surface area contributed by atoms with E-state index in [0.29, 0.717) is 32.3 Å². The van der Waals surface area contributed by atoms with Gasteiger partial charge in [0, 0.05) is 45.6 Å². The van der Waals surface area contributed by atoms with Gasteiger partial charge in [0.25, 0.3) is 0 Å². The minimum absolute atomic E-state index is 0.405. The summed E-state index contributed by atoms with van der Waals surface area (Å²) in [6.07, 6.45) is 4.36. The standard InChI is InChI=1S/C20H39N5O2/c1-7-9-11-26-13-14-27-12-10-22-20(21-8-2)24(5)15-18-16-25(6)23-19(18)17(3)4/h16-17H,7-15H2,1-6H3,(H,21,22). The lowest BCUT2D eigenvalue weighted by Gasteiger charge is -2.22. The van der Waals surface area contributed by atoms with Gasteiger partial charge in [-0.25, -0.2) is 0 Å². The summed E-state index contributed by atoms with van der Waals surface area (Å²) >= 11 is 0. The first-order chi connectivity index (χ1) is 13.0. The lowest BCUT2D eigenvalue weighted by atomic mass is 10.1. The van der Waals surface area contributed by atoms with Crippen molar-refractivity contribution in [2.24, 2.45) is 12.0 Å². The van der Waals surface area contributed by atoms with Crippen LogP contribution in [0.2, 0.25) is 0 Å². The maximum absolute atomic E-state index is 5.60. The minimum Gasteiger partial charge on any atom is -0.379 e. The number of guanidine groups is 1. The Morgan fingerprint density at radius 3 is 2.56 bits per heavy atom. The van der Waals surface area contributed by atoms with Gasteiger partial charge in [0.15, 0.2) is 5.96 Å². The van der Waals surface area contributed by atoms with Gasteiger partial charge in [-0.2, -0.15) is 5.10 Å². The van der Waals surface area contributed by atoms with E-state index >= 15 is 0 Å². The molecule has 7 nitrogen and oxygen atoms in total. The predicted molar refractivity (Wildman–Crippen MR) is 111 cm³/mol. The SMILES string of the molecule is CCCCOCCOCCN=C(NCC)N(C)Cc1cn(C)nc1C(C)C. The second kappa shape index (κ2) is 13.6. The van der Waals surface area contributed by atoms with E-state index < -0.39 is 0 Å². The Balaban J connectivity index is 2.46.